The first-order chi connectivity index (χ1) is 13.6. The summed E-state index contributed by atoms with van der Waals surface area (Å²) in [5, 5.41) is 5.09. The third-order valence-electron chi connectivity index (χ3n) is 4.21. The van der Waals surface area contributed by atoms with Crippen LogP contribution in [0.1, 0.15) is 5.76 Å². The molecule has 0 amide bonds. The molecule has 2 heterocycles. The van der Waals surface area contributed by atoms with Gasteiger partial charge in [0.15, 0.2) is 0 Å². The first-order valence-corrected chi connectivity index (χ1v) is 8.89. The maximum Gasteiger partial charge on any atom is 0.221 e. The first kappa shape index (κ1) is 17.9. The highest BCUT2D eigenvalue weighted by Crippen LogP contribution is 2.25. The minimum Gasteiger partial charge on any atom is -0.497 e. The Morgan fingerprint density at radius 3 is 2.46 bits per heavy atom. The standard InChI is InChI=1S/C21H17ClN4O2/c1-27-17-8-4-15(5-9-17)20-11-10-18(28-20)12-25-26-19(13-24-21(26)23)14-2-6-16(22)7-3-14/h2-13H,1H3,(H2,23,24). The Hall–Kier alpha value is -3.51. The fourth-order valence-electron chi connectivity index (χ4n) is 2.75. The second-order valence-corrected chi connectivity index (χ2v) is 6.43. The monoisotopic (exact) mass is 392 g/mol. The number of methoxy groups -OCH3 is 1. The molecule has 4 rings (SSSR count). The number of halogens is 1. The van der Waals surface area contributed by atoms with Crippen LogP contribution in [0.25, 0.3) is 22.6 Å². The highest BCUT2D eigenvalue weighted by Gasteiger charge is 2.09. The van der Waals surface area contributed by atoms with Crippen molar-refractivity contribution >= 4 is 23.8 Å². The number of nitrogens with two attached hydrogens (primary N) is 1. The number of anilines is 1. The van der Waals surface area contributed by atoms with E-state index in [1.165, 1.54) is 0 Å². The summed E-state index contributed by atoms with van der Waals surface area (Å²) < 4.78 is 12.6. The van der Waals surface area contributed by atoms with E-state index in [0.29, 0.717) is 10.8 Å². The lowest BCUT2D eigenvalue weighted by Gasteiger charge is -2.04. The second kappa shape index (κ2) is 7.62. The number of imidazole rings is 1. The van der Waals surface area contributed by atoms with E-state index in [4.69, 9.17) is 26.5 Å². The average molecular weight is 393 g/mol. The summed E-state index contributed by atoms with van der Waals surface area (Å²) >= 11 is 5.96. The molecule has 6 nitrogen and oxygen atoms in total. The fraction of sp³-hybridized carbons (Fsp3) is 0.0476. The van der Waals surface area contributed by atoms with Crippen molar-refractivity contribution in [3.63, 3.8) is 0 Å². The van der Waals surface area contributed by atoms with Crippen LogP contribution in [0.2, 0.25) is 5.02 Å². The Bertz CT molecular complexity index is 1110. The SMILES string of the molecule is COc1ccc(-c2ccc(C=Nn3c(-c4ccc(Cl)cc4)cnc3N)o2)cc1. The molecule has 2 aromatic heterocycles. The average Bonchev–Trinajstić information content (AvgIpc) is 3.34. The van der Waals surface area contributed by atoms with Gasteiger partial charge in [0.1, 0.15) is 17.3 Å². The van der Waals surface area contributed by atoms with Gasteiger partial charge in [-0.1, -0.05) is 23.7 Å². The molecular formula is C21H17ClN4O2. The van der Waals surface area contributed by atoms with Crippen molar-refractivity contribution in [2.24, 2.45) is 5.10 Å². The van der Waals surface area contributed by atoms with E-state index in [1.807, 2.05) is 60.7 Å². The zero-order valence-electron chi connectivity index (χ0n) is 15.0. The molecule has 0 saturated heterocycles. The minimum atomic E-state index is 0.281. The van der Waals surface area contributed by atoms with Gasteiger partial charge in [-0.25, -0.2) is 4.98 Å². The van der Waals surface area contributed by atoms with Gasteiger partial charge in [-0.3, -0.25) is 0 Å². The summed E-state index contributed by atoms with van der Waals surface area (Å²) in [6.45, 7) is 0. The summed E-state index contributed by atoms with van der Waals surface area (Å²) in [7, 11) is 1.64. The smallest absolute Gasteiger partial charge is 0.221 e. The molecule has 0 fully saturated rings. The van der Waals surface area contributed by atoms with Gasteiger partial charge in [-0.2, -0.15) is 9.78 Å². The zero-order chi connectivity index (χ0) is 19.5. The summed E-state index contributed by atoms with van der Waals surface area (Å²) in [6, 6.07) is 18.8. The second-order valence-electron chi connectivity index (χ2n) is 6.00. The summed E-state index contributed by atoms with van der Waals surface area (Å²) in [5.41, 5.74) is 8.58. The predicted molar refractivity (Wildman–Crippen MR) is 111 cm³/mol. The van der Waals surface area contributed by atoms with E-state index in [1.54, 1.807) is 24.2 Å². The number of hydrogen-bond acceptors (Lipinski definition) is 5. The maximum atomic E-state index is 5.97. The van der Waals surface area contributed by atoms with E-state index in [-0.39, 0.29) is 5.95 Å². The number of rotatable bonds is 5. The number of nitrogens with zero attached hydrogens (tertiary/aromatic N) is 3. The first-order valence-electron chi connectivity index (χ1n) is 8.52. The van der Waals surface area contributed by atoms with Crippen LogP contribution in [0.3, 0.4) is 0 Å². The van der Waals surface area contributed by atoms with Gasteiger partial charge in [-0.05, 0) is 48.5 Å². The molecule has 0 saturated carbocycles. The Morgan fingerprint density at radius 2 is 1.75 bits per heavy atom. The van der Waals surface area contributed by atoms with Crippen LogP contribution in [0.5, 0.6) is 5.75 Å². The molecular weight excluding hydrogens is 376 g/mol. The molecule has 4 aromatic rings. The van der Waals surface area contributed by atoms with Gasteiger partial charge in [0.2, 0.25) is 5.95 Å². The maximum absolute atomic E-state index is 5.97. The van der Waals surface area contributed by atoms with Crippen molar-refractivity contribution in [2.75, 3.05) is 12.8 Å². The molecule has 2 N–H and O–H groups in total. The molecule has 0 radical (unpaired) electrons. The van der Waals surface area contributed by atoms with Gasteiger partial charge in [0.25, 0.3) is 0 Å². The molecule has 0 unspecified atom stereocenters. The summed E-state index contributed by atoms with van der Waals surface area (Å²) in [6.07, 6.45) is 3.27. The van der Waals surface area contributed by atoms with Gasteiger partial charge < -0.3 is 14.9 Å². The number of hydrogen-bond donors (Lipinski definition) is 1. The van der Waals surface area contributed by atoms with Gasteiger partial charge in [0, 0.05) is 16.1 Å². The molecule has 28 heavy (non-hydrogen) atoms. The molecule has 0 spiro atoms. The van der Waals surface area contributed by atoms with E-state index in [0.717, 1.165) is 28.3 Å². The summed E-state index contributed by atoms with van der Waals surface area (Å²) in [4.78, 5) is 4.15. The minimum absolute atomic E-state index is 0.281. The van der Waals surface area contributed by atoms with Crippen molar-refractivity contribution in [1.29, 1.82) is 0 Å². The van der Waals surface area contributed by atoms with Crippen LogP contribution in [0, 0.1) is 0 Å². The largest absolute Gasteiger partial charge is 0.497 e. The van der Waals surface area contributed by atoms with Gasteiger partial charge in [-0.15, -0.1) is 0 Å². The van der Waals surface area contributed by atoms with Crippen molar-refractivity contribution in [2.45, 2.75) is 0 Å². The number of benzene rings is 2. The van der Waals surface area contributed by atoms with Gasteiger partial charge >= 0.3 is 0 Å². The topological polar surface area (TPSA) is 78.6 Å². The fourth-order valence-corrected chi connectivity index (χ4v) is 2.87. The molecule has 7 heteroatoms. The Balaban J connectivity index is 1.59. The third-order valence-corrected chi connectivity index (χ3v) is 4.46. The lowest BCUT2D eigenvalue weighted by Crippen LogP contribution is -1.99. The lowest BCUT2D eigenvalue weighted by molar-refractivity contribution is 0.415. The van der Waals surface area contributed by atoms with Crippen LogP contribution >= 0.6 is 11.6 Å². The normalized spacial score (nSPS) is 11.2. The van der Waals surface area contributed by atoms with E-state index in [2.05, 4.69) is 10.1 Å². The van der Waals surface area contributed by atoms with Crippen LogP contribution in [-0.4, -0.2) is 23.0 Å². The van der Waals surface area contributed by atoms with E-state index in [9.17, 15) is 0 Å². The van der Waals surface area contributed by atoms with E-state index >= 15 is 0 Å². The van der Waals surface area contributed by atoms with Crippen molar-refractivity contribution in [3.05, 3.63) is 77.6 Å². The Kier molecular flexibility index (Phi) is 4.87. The number of furan rings is 1. The van der Waals surface area contributed by atoms with Crippen molar-refractivity contribution in [3.8, 4) is 28.3 Å². The van der Waals surface area contributed by atoms with E-state index < -0.39 is 0 Å². The van der Waals surface area contributed by atoms with Crippen molar-refractivity contribution < 1.29 is 9.15 Å². The molecule has 140 valence electrons. The molecule has 0 atom stereocenters. The number of aromatic nitrogens is 2. The van der Waals surface area contributed by atoms with Gasteiger partial charge in [0.05, 0.1) is 25.2 Å². The van der Waals surface area contributed by atoms with Crippen LogP contribution in [0.4, 0.5) is 5.95 Å². The quantitative estimate of drug-likeness (QED) is 0.488. The van der Waals surface area contributed by atoms with Crippen LogP contribution in [0.15, 0.2) is 76.4 Å². The molecule has 2 aromatic carbocycles. The molecule has 0 aliphatic heterocycles. The molecule has 0 bridgehead atoms. The van der Waals surface area contributed by atoms with Crippen molar-refractivity contribution in [1.82, 2.24) is 9.66 Å². The highest BCUT2D eigenvalue weighted by atomic mass is 35.5. The highest BCUT2D eigenvalue weighted by molar-refractivity contribution is 6.30. The lowest BCUT2D eigenvalue weighted by atomic mass is 10.2. The zero-order valence-corrected chi connectivity index (χ0v) is 15.8. The number of nitrogen functional groups attached to an aromatic ring is 1. The third kappa shape index (κ3) is 3.63. The number of ether oxygens (including phenoxy) is 1. The summed E-state index contributed by atoms with van der Waals surface area (Å²) in [5.74, 6) is 2.41. The molecule has 0 aliphatic rings. The Morgan fingerprint density at radius 1 is 1.04 bits per heavy atom. The Labute approximate surface area is 166 Å². The van der Waals surface area contributed by atoms with Crippen LogP contribution < -0.4 is 10.5 Å². The molecule has 0 aliphatic carbocycles. The van der Waals surface area contributed by atoms with Crippen LogP contribution in [-0.2, 0) is 0 Å². The predicted octanol–water partition coefficient (Wildman–Crippen LogP) is 4.94.